The molecule has 0 radical (unpaired) electrons. The van der Waals surface area contributed by atoms with Crippen LogP contribution in [0.3, 0.4) is 0 Å². The Morgan fingerprint density at radius 2 is 1.53 bits per heavy atom. The van der Waals surface area contributed by atoms with Crippen LogP contribution in [0, 0.1) is 11.6 Å². The molecule has 176 valence electrons. The zero-order valence-electron chi connectivity index (χ0n) is 18.8. The maximum absolute atomic E-state index is 15.1. The van der Waals surface area contributed by atoms with Gasteiger partial charge in [-0.25, -0.2) is 8.78 Å². The van der Waals surface area contributed by atoms with Crippen molar-refractivity contribution >= 4 is 17.3 Å². The maximum atomic E-state index is 15.1. The minimum Gasteiger partial charge on any atom is -0.497 e. The fraction of sp³-hybridized carbons (Fsp3) is 0.160. The van der Waals surface area contributed by atoms with Gasteiger partial charge in [0.05, 0.1) is 36.9 Å². The summed E-state index contributed by atoms with van der Waals surface area (Å²) in [6.07, 6.45) is -1.43. The van der Waals surface area contributed by atoms with Crippen LogP contribution in [0.4, 0.5) is 14.5 Å². The number of anilines is 1. The van der Waals surface area contributed by atoms with E-state index in [1.165, 1.54) is 24.2 Å². The monoisotopic (exact) mass is 467 g/mol. The number of para-hydroxylation sites is 1. The predicted molar refractivity (Wildman–Crippen MR) is 123 cm³/mol. The van der Waals surface area contributed by atoms with Gasteiger partial charge in [0.25, 0.3) is 5.91 Å². The molecule has 2 N–H and O–H groups in total. The molecule has 9 heteroatoms. The summed E-state index contributed by atoms with van der Waals surface area (Å²) in [6, 6.07) is 17.2. The molecule has 7 nitrogen and oxygen atoms in total. The van der Waals surface area contributed by atoms with Crippen LogP contribution in [0.25, 0.3) is 5.70 Å². The van der Waals surface area contributed by atoms with E-state index in [-0.39, 0.29) is 22.7 Å². The molecule has 1 heterocycles. The largest absolute Gasteiger partial charge is 0.497 e. The summed E-state index contributed by atoms with van der Waals surface area (Å²) in [6.45, 7) is 0. The van der Waals surface area contributed by atoms with Crippen molar-refractivity contribution in [2.45, 2.75) is 6.23 Å². The second kappa shape index (κ2) is 9.40. The number of carbonyl (C=O) groups is 1. The van der Waals surface area contributed by atoms with Gasteiger partial charge in [-0.15, -0.1) is 0 Å². The van der Waals surface area contributed by atoms with Gasteiger partial charge >= 0.3 is 0 Å². The number of methoxy groups -OCH3 is 2. The Morgan fingerprint density at radius 1 is 0.941 bits per heavy atom. The summed E-state index contributed by atoms with van der Waals surface area (Å²) < 4.78 is 40.2. The predicted octanol–water partition coefficient (Wildman–Crippen LogP) is 3.77. The third-order valence-electron chi connectivity index (χ3n) is 5.50. The summed E-state index contributed by atoms with van der Waals surface area (Å²) in [4.78, 5) is 13.0. The molecule has 1 amide bonds. The number of hydrazine groups is 1. The zero-order chi connectivity index (χ0) is 24.4. The van der Waals surface area contributed by atoms with Gasteiger partial charge in [-0.05, 0) is 36.4 Å². The Morgan fingerprint density at radius 3 is 2.09 bits per heavy atom. The van der Waals surface area contributed by atoms with Crippen molar-refractivity contribution in [3.63, 3.8) is 0 Å². The number of amides is 1. The molecule has 0 saturated heterocycles. The van der Waals surface area contributed by atoms with Crippen molar-refractivity contribution in [1.29, 1.82) is 0 Å². The molecule has 4 rings (SSSR count). The minimum atomic E-state index is -1.43. The lowest BCUT2D eigenvalue weighted by Gasteiger charge is -2.32. The second-order valence-corrected chi connectivity index (χ2v) is 7.49. The molecular formula is C25H23F2N3O4. The highest BCUT2D eigenvalue weighted by molar-refractivity contribution is 5.97. The van der Waals surface area contributed by atoms with Crippen LogP contribution in [0.15, 0.2) is 72.4 Å². The van der Waals surface area contributed by atoms with Gasteiger partial charge in [-0.2, -0.15) is 0 Å². The number of rotatable bonds is 6. The number of halogens is 2. The van der Waals surface area contributed by atoms with Crippen molar-refractivity contribution in [2.75, 3.05) is 26.3 Å². The number of ether oxygens (including phenoxy) is 2. The van der Waals surface area contributed by atoms with Crippen LogP contribution in [0.1, 0.15) is 15.9 Å². The normalized spacial score (nSPS) is 15.5. The van der Waals surface area contributed by atoms with E-state index >= 15 is 8.78 Å². The van der Waals surface area contributed by atoms with Gasteiger partial charge in [-0.1, -0.05) is 18.2 Å². The summed E-state index contributed by atoms with van der Waals surface area (Å²) in [5.41, 5.74) is 0.311. The lowest BCUT2D eigenvalue weighted by molar-refractivity contribution is 0.0946. The Kier molecular flexibility index (Phi) is 6.38. The summed E-state index contributed by atoms with van der Waals surface area (Å²) in [5.74, 6) is -1.81. The molecular weight excluding hydrogens is 444 g/mol. The summed E-state index contributed by atoms with van der Waals surface area (Å²) >= 11 is 0. The molecule has 0 spiro atoms. The van der Waals surface area contributed by atoms with E-state index in [1.807, 2.05) is 0 Å². The number of aliphatic hydroxyl groups is 1. The number of hydrogen-bond donors (Lipinski definition) is 2. The Labute approximate surface area is 195 Å². The smallest absolute Gasteiger partial charge is 0.255 e. The van der Waals surface area contributed by atoms with Crippen LogP contribution in [-0.2, 0) is 0 Å². The molecule has 3 aromatic carbocycles. The molecule has 1 unspecified atom stereocenters. The van der Waals surface area contributed by atoms with E-state index in [0.717, 1.165) is 12.1 Å². The lowest BCUT2D eigenvalue weighted by atomic mass is 10.1. The first-order valence-electron chi connectivity index (χ1n) is 10.3. The molecule has 1 atom stereocenters. The summed E-state index contributed by atoms with van der Waals surface area (Å²) in [7, 11) is 4.35. The van der Waals surface area contributed by atoms with Crippen molar-refractivity contribution < 1.29 is 28.2 Å². The summed E-state index contributed by atoms with van der Waals surface area (Å²) in [5, 5.41) is 16.7. The van der Waals surface area contributed by atoms with Crippen LogP contribution >= 0.6 is 0 Å². The van der Waals surface area contributed by atoms with Crippen molar-refractivity contribution in [2.24, 2.45) is 0 Å². The highest BCUT2D eigenvalue weighted by Gasteiger charge is 2.40. The first kappa shape index (κ1) is 23.1. The molecule has 3 aromatic rings. The molecule has 34 heavy (non-hydrogen) atoms. The Bertz CT molecular complexity index is 1210. The van der Waals surface area contributed by atoms with Crippen molar-refractivity contribution in [3.8, 4) is 11.5 Å². The van der Waals surface area contributed by atoms with E-state index in [0.29, 0.717) is 11.4 Å². The van der Waals surface area contributed by atoms with Crippen LogP contribution in [-0.4, -0.2) is 43.5 Å². The highest BCUT2D eigenvalue weighted by atomic mass is 19.1. The average molecular weight is 467 g/mol. The van der Waals surface area contributed by atoms with Crippen LogP contribution < -0.4 is 19.8 Å². The number of aliphatic hydroxyl groups excluding tert-OH is 1. The Hall–Kier alpha value is -4.11. The maximum Gasteiger partial charge on any atom is 0.255 e. The quantitative estimate of drug-likeness (QED) is 0.575. The van der Waals surface area contributed by atoms with Gasteiger partial charge in [0.15, 0.2) is 6.23 Å². The van der Waals surface area contributed by atoms with E-state index in [1.54, 1.807) is 61.6 Å². The number of carbonyl (C=O) groups excluding carboxylic acids is 1. The number of nitrogens with one attached hydrogen (secondary N) is 1. The van der Waals surface area contributed by atoms with E-state index in [4.69, 9.17) is 9.47 Å². The van der Waals surface area contributed by atoms with Crippen LogP contribution in [0.5, 0.6) is 11.5 Å². The van der Waals surface area contributed by atoms with E-state index in [9.17, 15) is 9.90 Å². The highest BCUT2D eigenvalue weighted by Crippen LogP contribution is 2.39. The molecule has 0 bridgehead atoms. The Balaban J connectivity index is 1.81. The van der Waals surface area contributed by atoms with Gasteiger partial charge in [0.1, 0.15) is 23.1 Å². The molecule has 1 aliphatic rings. The van der Waals surface area contributed by atoms with Crippen molar-refractivity contribution in [3.05, 3.63) is 95.2 Å². The zero-order valence-corrected chi connectivity index (χ0v) is 18.8. The third kappa shape index (κ3) is 4.13. The minimum absolute atomic E-state index is 0.00397. The number of nitrogens with zero attached hydrogens (tertiary/aromatic N) is 2. The van der Waals surface area contributed by atoms with Gasteiger partial charge in [-0.3, -0.25) is 14.8 Å². The van der Waals surface area contributed by atoms with Gasteiger partial charge in [0, 0.05) is 24.7 Å². The fourth-order valence-electron chi connectivity index (χ4n) is 3.84. The lowest BCUT2D eigenvalue weighted by Crippen LogP contribution is -2.42. The molecule has 0 aliphatic carbocycles. The first-order valence-corrected chi connectivity index (χ1v) is 10.3. The topological polar surface area (TPSA) is 74.3 Å². The first-order chi connectivity index (χ1) is 16.3. The van der Waals surface area contributed by atoms with Gasteiger partial charge in [0.2, 0.25) is 0 Å². The van der Waals surface area contributed by atoms with Crippen LogP contribution in [0.2, 0.25) is 0 Å². The van der Waals surface area contributed by atoms with Gasteiger partial charge < -0.3 is 19.9 Å². The van der Waals surface area contributed by atoms with E-state index in [2.05, 4.69) is 5.32 Å². The number of hydrogen-bond acceptors (Lipinski definition) is 6. The molecule has 0 fully saturated rings. The average Bonchev–Trinajstić information content (AvgIpc) is 3.08. The molecule has 1 aliphatic heterocycles. The second-order valence-electron chi connectivity index (χ2n) is 7.49. The third-order valence-corrected chi connectivity index (χ3v) is 5.50. The fourth-order valence-corrected chi connectivity index (χ4v) is 3.84. The molecule has 0 saturated carbocycles. The SMILES string of the molecule is COc1ccc(C(=O)NC2=C(c3c(F)cc(OC)cc3F)N(C)N(c3ccccc3)C2O)cc1. The van der Waals surface area contributed by atoms with Crippen molar-refractivity contribution in [1.82, 2.24) is 10.3 Å². The standard InChI is InChI=1S/C25H23F2N3O4/c1-29-23(21-19(26)13-18(34-3)14-20(21)27)22(25(32)30(29)16-7-5-4-6-8-16)28-24(31)15-9-11-17(33-2)12-10-15/h4-14,25,32H,1-3H3,(H,28,31). The molecule has 0 aromatic heterocycles. The number of benzene rings is 3. The van der Waals surface area contributed by atoms with E-state index < -0.39 is 29.3 Å².